The van der Waals surface area contributed by atoms with Crippen LogP contribution in [0, 0.1) is 0 Å². The van der Waals surface area contributed by atoms with E-state index < -0.39 is 17.3 Å². The number of hydrogen-bond acceptors (Lipinski definition) is 4. The van der Waals surface area contributed by atoms with E-state index in [9.17, 15) is 9.18 Å². The van der Waals surface area contributed by atoms with Crippen molar-refractivity contribution in [3.8, 4) is 0 Å². The van der Waals surface area contributed by atoms with E-state index in [0.717, 1.165) is 5.01 Å². The van der Waals surface area contributed by atoms with Gasteiger partial charge in [0.15, 0.2) is 5.83 Å². The van der Waals surface area contributed by atoms with E-state index in [1.807, 2.05) is 0 Å². The minimum absolute atomic E-state index is 0.319. The molecule has 15 heavy (non-hydrogen) atoms. The molecule has 1 saturated heterocycles. The quantitative estimate of drug-likeness (QED) is 0.784. The van der Waals surface area contributed by atoms with Gasteiger partial charge in [-0.1, -0.05) is 6.58 Å². The lowest BCUT2D eigenvalue weighted by molar-refractivity contribution is -0.131. The van der Waals surface area contributed by atoms with E-state index in [-0.39, 0.29) is 0 Å². The Morgan fingerprint density at radius 2 is 2.47 bits per heavy atom. The Labute approximate surface area is 89.8 Å². The first-order valence-electron chi connectivity index (χ1n) is 4.29. The molecule has 0 bridgehead atoms. The normalized spacial score (nSPS) is 17.9. The van der Waals surface area contributed by atoms with Crippen molar-refractivity contribution in [2.75, 3.05) is 13.2 Å². The van der Waals surface area contributed by atoms with Crippen LogP contribution >= 0.6 is 11.3 Å². The fourth-order valence-electron chi connectivity index (χ4n) is 1.30. The smallest absolute Gasteiger partial charge is 0.280 e. The third-order valence-electron chi connectivity index (χ3n) is 2.14. The molecule has 6 heteroatoms. The van der Waals surface area contributed by atoms with Crippen LogP contribution in [0.25, 0.3) is 0 Å². The van der Waals surface area contributed by atoms with Gasteiger partial charge in [0.2, 0.25) is 0 Å². The second-order valence-corrected chi connectivity index (χ2v) is 4.17. The zero-order valence-corrected chi connectivity index (χ0v) is 8.64. The summed E-state index contributed by atoms with van der Waals surface area (Å²) < 4.78 is 17.6. The molecule has 0 atom stereocenters. The van der Waals surface area contributed by atoms with Gasteiger partial charge >= 0.3 is 0 Å². The summed E-state index contributed by atoms with van der Waals surface area (Å²) in [5.41, 5.74) is -0.666. The molecule has 0 aromatic carbocycles. The van der Waals surface area contributed by atoms with Crippen LogP contribution in [0.1, 0.15) is 5.01 Å². The number of carbonyl (C=O) groups is 1. The molecular formula is C9H9FN2O2S. The Kier molecular flexibility index (Phi) is 2.54. The zero-order chi connectivity index (χ0) is 10.9. The number of ether oxygens (including phenoxy) is 1. The summed E-state index contributed by atoms with van der Waals surface area (Å²) in [5.74, 6) is -1.81. The predicted molar refractivity (Wildman–Crippen MR) is 53.0 cm³/mol. The van der Waals surface area contributed by atoms with E-state index in [4.69, 9.17) is 4.74 Å². The maximum Gasteiger partial charge on any atom is 0.280 e. The third kappa shape index (κ3) is 1.78. The van der Waals surface area contributed by atoms with E-state index in [1.165, 1.54) is 11.3 Å². The average molecular weight is 228 g/mol. The lowest BCUT2D eigenvalue weighted by Crippen LogP contribution is -2.59. The fraction of sp³-hybridized carbons (Fsp3) is 0.333. The predicted octanol–water partition coefficient (Wildman–Crippen LogP) is 0.968. The number of nitrogens with one attached hydrogen (secondary N) is 1. The first kappa shape index (κ1) is 10.3. The lowest BCUT2D eigenvalue weighted by Gasteiger charge is -2.39. The molecule has 1 amide bonds. The van der Waals surface area contributed by atoms with Crippen molar-refractivity contribution in [3.05, 3.63) is 29.0 Å². The Balaban J connectivity index is 2.17. The molecule has 2 heterocycles. The Morgan fingerprint density at radius 3 is 2.87 bits per heavy atom. The summed E-state index contributed by atoms with van der Waals surface area (Å²) in [6.45, 7) is 3.58. The van der Waals surface area contributed by atoms with Crippen molar-refractivity contribution in [1.29, 1.82) is 0 Å². The molecule has 1 fully saturated rings. The standard InChI is InChI=1S/C9H9FN2O2S/c1-6(10)7(13)12-9(4-14-5-9)8-11-2-3-15-8/h2-3H,1,4-5H2,(H,12,13). The van der Waals surface area contributed by atoms with Gasteiger partial charge < -0.3 is 10.1 Å². The average Bonchev–Trinajstić information content (AvgIpc) is 2.63. The fourth-order valence-corrected chi connectivity index (χ4v) is 2.07. The van der Waals surface area contributed by atoms with Crippen LogP contribution in [-0.4, -0.2) is 24.1 Å². The molecule has 4 nitrogen and oxygen atoms in total. The zero-order valence-electron chi connectivity index (χ0n) is 7.83. The van der Waals surface area contributed by atoms with Crippen LogP contribution in [0.2, 0.25) is 0 Å². The lowest BCUT2D eigenvalue weighted by atomic mass is 9.98. The van der Waals surface area contributed by atoms with Crippen LogP contribution in [0.15, 0.2) is 24.0 Å². The van der Waals surface area contributed by atoms with Gasteiger partial charge in [-0.25, -0.2) is 9.37 Å². The number of halogens is 1. The van der Waals surface area contributed by atoms with Gasteiger partial charge in [-0.05, 0) is 0 Å². The van der Waals surface area contributed by atoms with Crippen molar-refractivity contribution in [2.45, 2.75) is 5.54 Å². The molecule has 1 aromatic rings. The number of amides is 1. The Bertz CT molecular complexity index is 387. The van der Waals surface area contributed by atoms with Crippen molar-refractivity contribution >= 4 is 17.2 Å². The highest BCUT2D eigenvalue weighted by molar-refractivity contribution is 7.09. The van der Waals surface area contributed by atoms with Gasteiger partial charge in [-0.2, -0.15) is 0 Å². The number of thiazole rings is 1. The van der Waals surface area contributed by atoms with E-state index in [1.54, 1.807) is 11.6 Å². The minimum atomic E-state index is -1.00. The summed E-state index contributed by atoms with van der Waals surface area (Å²) in [5, 5.41) is 5.06. The number of carbonyl (C=O) groups excluding carboxylic acids is 1. The molecule has 0 unspecified atom stereocenters. The Hall–Kier alpha value is -1.27. The van der Waals surface area contributed by atoms with Crippen molar-refractivity contribution in [2.24, 2.45) is 0 Å². The second kappa shape index (κ2) is 3.71. The monoisotopic (exact) mass is 228 g/mol. The molecule has 0 radical (unpaired) electrons. The highest BCUT2D eigenvalue weighted by Crippen LogP contribution is 2.31. The van der Waals surface area contributed by atoms with Crippen molar-refractivity contribution in [1.82, 2.24) is 10.3 Å². The molecule has 1 aromatic heterocycles. The molecule has 1 aliphatic heterocycles. The first-order chi connectivity index (χ1) is 7.14. The van der Waals surface area contributed by atoms with Crippen molar-refractivity contribution < 1.29 is 13.9 Å². The van der Waals surface area contributed by atoms with Gasteiger partial charge in [0.25, 0.3) is 5.91 Å². The minimum Gasteiger partial charge on any atom is -0.375 e. The highest BCUT2D eigenvalue weighted by atomic mass is 32.1. The number of rotatable bonds is 3. The van der Waals surface area contributed by atoms with Crippen molar-refractivity contribution in [3.63, 3.8) is 0 Å². The third-order valence-corrected chi connectivity index (χ3v) is 3.12. The second-order valence-electron chi connectivity index (χ2n) is 3.27. The van der Waals surface area contributed by atoms with Gasteiger partial charge in [0.1, 0.15) is 10.5 Å². The molecule has 80 valence electrons. The summed E-state index contributed by atoms with van der Waals surface area (Å²) in [6.07, 6.45) is 1.64. The number of hydrogen-bond donors (Lipinski definition) is 1. The van der Waals surface area contributed by atoms with E-state index in [0.29, 0.717) is 13.2 Å². The number of nitrogens with zero attached hydrogens (tertiary/aromatic N) is 1. The summed E-state index contributed by atoms with van der Waals surface area (Å²) >= 11 is 1.40. The largest absolute Gasteiger partial charge is 0.375 e. The van der Waals surface area contributed by atoms with Crippen LogP contribution < -0.4 is 5.32 Å². The molecule has 0 spiro atoms. The maximum atomic E-state index is 12.6. The van der Waals surface area contributed by atoms with Crippen LogP contribution in [0.5, 0.6) is 0 Å². The van der Waals surface area contributed by atoms with Gasteiger partial charge in [-0.15, -0.1) is 11.3 Å². The SMILES string of the molecule is C=C(F)C(=O)NC1(c2nccs2)COC1. The van der Waals surface area contributed by atoms with Crippen LogP contribution in [-0.2, 0) is 15.1 Å². The van der Waals surface area contributed by atoms with Gasteiger partial charge in [0, 0.05) is 11.6 Å². The topological polar surface area (TPSA) is 51.2 Å². The molecule has 0 aliphatic carbocycles. The Morgan fingerprint density at radius 1 is 1.73 bits per heavy atom. The van der Waals surface area contributed by atoms with E-state index >= 15 is 0 Å². The summed E-state index contributed by atoms with van der Waals surface area (Å²) in [7, 11) is 0. The van der Waals surface area contributed by atoms with E-state index in [2.05, 4.69) is 16.9 Å². The molecule has 2 rings (SSSR count). The highest BCUT2D eigenvalue weighted by Gasteiger charge is 2.44. The molecule has 1 N–H and O–H groups in total. The molecule has 0 saturated carbocycles. The van der Waals surface area contributed by atoms with Crippen LogP contribution in [0.3, 0.4) is 0 Å². The van der Waals surface area contributed by atoms with Gasteiger partial charge in [-0.3, -0.25) is 4.79 Å². The molecular weight excluding hydrogens is 219 g/mol. The molecule has 1 aliphatic rings. The number of aromatic nitrogens is 1. The summed E-state index contributed by atoms with van der Waals surface area (Å²) in [4.78, 5) is 15.3. The maximum absolute atomic E-state index is 12.6. The van der Waals surface area contributed by atoms with Gasteiger partial charge in [0.05, 0.1) is 13.2 Å². The first-order valence-corrected chi connectivity index (χ1v) is 5.17. The summed E-state index contributed by atoms with van der Waals surface area (Å²) in [6, 6.07) is 0. The van der Waals surface area contributed by atoms with Crippen LogP contribution in [0.4, 0.5) is 4.39 Å².